The number of imidazole rings is 1. The Morgan fingerprint density at radius 1 is 1.52 bits per heavy atom. The first-order valence-corrected chi connectivity index (χ1v) is 7.86. The summed E-state index contributed by atoms with van der Waals surface area (Å²) in [6.45, 7) is 3.33. The highest BCUT2D eigenvalue weighted by Crippen LogP contribution is 2.28. The minimum absolute atomic E-state index is 0.191. The molecule has 23 heavy (non-hydrogen) atoms. The van der Waals surface area contributed by atoms with Gasteiger partial charge in [0.1, 0.15) is 17.7 Å². The van der Waals surface area contributed by atoms with Gasteiger partial charge in [-0.05, 0) is 31.5 Å². The van der Waals surface area contributed by atoms with Crippen molar-refractivity contribution in [1.82, 2.24) is 14.9 Å². The fourth-order valence-electron chi connectivity index (χ4n) is 2.77. The van der Waals surface area contributed by atoms with Crippen LogP contribution in [0.2, 0.25) is 5.02 Å². The molecule has 1 fully saturated rings. The lowest BCUT2D eigenvalue weighted by Gasteiger charge is -2.20. The second-order valence-electron chi connectivity index (χ2n) is 5.39. The molecule has 1 aromatic heterocycles. The fraction of sp³-hybridized carbons (Fsp3) is 0.375. The highest BCUT2D eigenvalue weighted by molar-refractivity contribution is 6.31. The normalized spacial score (nSPS) is 20.7. The number of nitrogens with zero attached hydrogens (tertiary/aromatic N) is 2. The zero-order valence-electron chi connectivity index (χ0n) is 12.6. The molecule has 0 saturated carbocycles. The molecule has 0 aliphatic carbocycles. The molecule has 122 valence electrons. The van der Waals surface area contributed by atoms with Crippen molar-refractivity contribution in [3.63, 3.8) is 0 Å². The van der Waals surface area contributed by atoms with E-state index >= 15 is 0 Å². The lowest BCUT2D eigenvalue weighted by Crippen LogP contribution is -2.37. The monoisotopic (exact) mass is 337 g/mol. The zero-order chi connectivity index (χ0) is 16.4. The zero-order valence-corrected chi connectivity index (χ0v) is 13.4. The number of carbonyl (C=O) groups is 1. The molecule has 2 heterocycles. The van der Waals surface area contributed by atoms with Crippen LogP contribution in [-0.2, 0) is 11.3 Å². The van der Waals surface area contributed by atoms with Gasteiger partial charge in [0.15, 0.2) is 0 Å². The van der Waals surface area contributed by atoms with E-state index in [-0.39, 0.29) is 28.6 Å². The Morgan fingerprint density at radius 3 is 3.09 bits per heavy atom. The lowest BCUT2D eigenvalue weighted by molar-refractivity contribution is 0.0775. The molecular weight excluding hydrogens is 321 g/mol. The second kappa shape index (κ2) is 6.68. The summed E-state index contributed by atoms with van der Waals surface area (Å²) in [5, 5.41) is 3.09. The van der Waals surface area contributed by atoms with Gasteiger partial charge < -0.3 is 14.6 Å². The molecule has 1 N–H and O–H groups in total. The topological polar surface area (TPSA) is 56.1 Å². The first kappa shape index (κ1) is 16.0. The molecule has 1 saturated heterocycles. The Kier molecular flexibility index (Phi) is 4.63. The minimum Gasteiger partial charge on any atom is -0.368 e. The largest absolute Gasteiger partial charge is 0.368 e. The summed E-state index contributed by atoms with van der Waals surface area (Å²) < 4.78 is 21.1. The van der Waals surface area contributed by atoms with Gasteiger partial charge in [-0.25, -0.2) is 9.37 Å². The minimum atomic E-state index is -0.539. The molecule has 0 radical (unpaired) electrons. The summed E-state index contributed by atoms with van der Waals surface area (Å²) in [5.41, 5.74) is 0.194. The highest BCUT2D eigenvalue weighted by atomic mass is 35.5. The molecule has 7 heteroatoms. The van der Waals surface area contributed by atoms with Crippen LogP contribution in [0.4, 0.5) is 4.39 Å². The molecular formula is C16H17ClFN3O2. The predicted octanol–water partition coefficient (Wildman–Crippen LogP) is 2.96. The van der Waals surface area contributed by atoms with E-state index in [0.717, 1.165) is 18.4 Å². The summed E-state index contributed by atoms with van der Waals surface area (Å²) in [6.07, 6.45) is 3.96. The van der Waals surface area contributed by atoms with Crippen LogP contribution in [0.3, 0.4) is 0 Å². The Bertz CT molecular complexity index is 699. The van der Waals surface area contributed by atoms with Crippen LogP contribution in [0.15, 0.2) is 30.6 Å². The number of carbonyl (C=O) groups excluding carboxylic acids is 1. The number of amides is 1. The first-order chi connectivity index (χ1) is 11.1. The van der Waals surface area contributed by atoms with Crippen molar-refractivity contribution in [3.05, 3.63) is 52.8 Å². The number of aromatic nitrogens is 2. The van der Waals surface area contributed by atoms with E-state index < -0.39 is 5.82 Å². The summed E-state index contributed by atoms with van der Waals surface area (Å²) in [6, 6.07) is 3.56. The SMILES string of the molecule is CCn1ccnc1[C@H]1OCC[C@@H]1NC(=O)c1cc(F)cc(Cl)c1. The number of aryl methyl sites for hydroxylation is 1. The summed E-state index contributed by atoms with van der Waals surface area (Å²) >= 11 is 5.80. The summed E-state index contributed by atoms with van der Waals surface area (Å²) in [4.78, 5) is 16.7. The van der Waals surface area contributed by atoms with Gasteiger partial charge in [0.2, 0.25) is 0 Å². The van der Waals surface area contributed by atoms with E-state index in [1.165, 1.54) is 12.1 Å². The van der Waals surface area contributed by atoms with Crippen LogP contribution in [-0.4, -0.2) is 28.1 Å². The van der Waals surface area contributed by atoms with Crippen LogP contribution in [0, 0.1) is 5.82 Å². The third kappa shape index (κ3) is 3.38. The number of ether oxygens (including phenoxy) is 1. The molecule has 0 bridgehead atoms. The molecule has 1 amide bonds. The third-order valence-corrected chi connectivity index (χ3v) is 4.09. The van der Waals surface area contributed by atoms with Gasteiger partial charge in [-0.15, -0.1) is 0 Å². The average molecular weight is 338 g/mol. The van der Waals surface area contributed by atoms with Crippen molar-refractivity contribution in [2.24, 2.45) is 0 Å². The molecule has 0 spiro atoms. The molecule has 3 rings (SSSR count). The van der Waals surface area contributed by atoms with Crippen molar-refractivity contribution < 1.29 is 13.9 Å². The van der Waals surface area contributed by atoms with Crippen molar-refractivity contribution in [3.8, 4) is 0 Å². The van der Waals surface area contributed by atoms with Crippen LogP contribution in [0.1, 0.15) is 35.6 Å². The number of rotatable bonds is 4. The van der Waals surface area contributed by atoms with Gasteiger partial charge in [0.05, 0.1) is 6.04 Å². The Morgan fingerprint density at radius 2 is 2.35 bits per heavy atom. The molecule has 5 nitrogen and oxygen atoms in total. The van der Waals surface area contributed by atoms with Crippen LogP contribution >= 0.6 is 11.6 Å². The molecule has 2 atom stereocenters. The predicted molar refractivity (Wildman–Crippen MR) is 83.9 cm³/mol. The van der Waals surface area contributed by atoms with Gasteiger partial charge in [-0.1, -0.05) is 11.6 Å². The van der Waals surface area contributed by atoms with Gasteiger partial charge >= 0.3 is 0 Å². The van der Waals surface area contributed by atoms with Gasteiger partial charge in [0, 0.05) is 36.1 Å². The van der Waals surface area contributed by atoms with Crippen LogP contribution < -0.4 is 5.32 Å². The van der Waals surface area contributed by atoms with Crippen molar-refractivity contribution in [2.75, 3.05) is 6.61 Å². The molecule has 2 aromatic rings. The van der Waals surface area contributed by atoms with E-state index in [9.17, 15) is 9.18 Å². The van der Waals surface area contributed by atoms with Crippen molar-refractivity contribution in [2.45, 2.75) is 32.0 Å². The third-order valence-electron chi connectivity index (χ3n) is 3.88. The van der Waals surface area contributed by atoms with E-state index in [1.54, 1.807) is 6.20 Å². The van der Waals surface area contributed by atoms with E-state index in [1.807, 2.05) is 17.7 Å². The quantitative estimate of drug-likeness (QED) is 0.933. The van der Waals surface area contributed by atoms with Crippen LogP contribution in [0.25, 0.3) is 0 Å². The Balaban J connectivity index is 1.77. The number of hydrogen-bond acceptors (Lipinski definition) is 3. The Hall–Kier alpha value is -1.92. The number of halogens is 2. The van der Waals surface area contributed by atoms with Crippen LogP contribution in [0.5, 0.6) is 0 Å². The van der Waals surface area contributed by atoms with Crippen molar-refractivity contribution in [1.29, 1.82) is 0 Å². The number of hydrogen-bond donors (Lipinski definition) is 1. The smallest absolute Gasteiger partial charge is 0.251 e. The van der Waals surface area contributed by atoms with Gasteiger partial charge in [0.25, 0.3) is 5.91 Å². The van der Waals surface area contributed by atoms with E-state index in [4.69, 9.17) is 16.3 Å². The lowest BCUT2D eigenvalue weighted by atomic mass is 10.1. The number of benzene rings is 1. The standard InChI is InChI=1S/C16H17ClFN3O2/c1-2-21-5-4-19-15(21)14-13(3-6-23-14)20-16(22)10-7-11(17)9-12(18)8-10/h4-5,7-9,13-14H,2-3,6H2,1H3,(H,20,22)/t13-,14-/m0/s1. The average Bonchev–Trinajstić information content (AvgIpc) is 3.13. The summed E-state index contributed by atoms with van der Waals surface area (Å²) in [5.74, 6) is -0.127. The molecule has 1 aromatic carbocycles. The van der Waals surface area contributed by atoms with Gasteiger partial charge in [-0.3, -0.25) is 4.79 Å². The maximum atomic E-state index is 13.4. The molecule has 0 unspecified atom stereocenters. The fourth-order valence-corrected chi connectivity index (χ4v) is 3.00. The van der Waals surface area contributed by atoms with Gasteiger partial charge in [-0.2, -0.15) is 0 Å². The summed E-state index contributed by atoms with van der Waals surface area (Å²) in [7, 11) is 0. The molecule has 1 aliphatic rings. The van der Waals surface area contributed by atoms with E-state index in [0.29, 0.717) is 13.0 Å². The number of nitrogens with one attached hydrogen (secondary N) is 1. The first-order valence-electron chi connectivity index (χ1n) is 7.48. The Labute approximate surface area is 138 Å². The molecule has 1 aliphatic heterocycles. The highest BCUT2D eigenvalue weighted by Gasteiger charge is 2.34. The van der Waals surface area contributed by atoms with E-state index in [2.05, 4.69) is 10.3 Å². The maximum Gasteiger partial charge on any atom is 0.251 e. The van der Waals surface area contributed by atoms with Crippen molar-refractivity contribution >= 4 is 17.5 Å². The second-order valence-corrected chi connectivity index (χ2v) is 5.83. The maximum absolute atomic E-state index is 13.4.